The van der Waals surface area contributed by atoms with Gasteiger partial charge in [-0.2, -0.15) is 0 Å². The molecule has 8 nitrogen and oxygen atoms in total. The number of benzene rings is 2. The van der Waals surface area contributed by atoms with Crippen LogP contribution in [0.25, 0.3) is 11.1 Å². The minimum atomic E-state index is -1.10. The standard InChI is InChI=1S/C27H27N3O5/c1-16(2)13-24(26(32)33)30-25(31)23-12-11-17(14-28-23)29-27(34)35-15-22-20-9-5-3-7-18(20)19-8-4-6-10-21(19)22/h3-12,14,16,22,24H,13,15H2,1-2H3,(H,29,34)(H,30,31)(H,32,33). The smallest absolute Gasteiger partial charge is 0.411 e. The zero-order valence-electron chi connectivity index (χ0n) is 19.5. The maximum absolute atomic E-state index is 12.4. The Morgan fingerprint density at radius 2 is 1.60 bits per heavy atom. The molecule has 0 radical (unpaired) electrons. The zero-order valence-corrected chi connectivity index (χ0v) is 19.5. The molecule has 1 aromatic heterocycles. The van der Waals surface area contributed by atoms with Crippen LogP contribution >= 0.6 is 0 Å². The van der Waals surface area contributed by atoms with Crippen molar-refractivity contribution in [1.29, 1.82) is 0 Å². The van der Waals surface area contributed by atoms with Crippen LogP contribution in [0.3, 0.4) is 0 Å². The first-order valence-electron chi connectivity index (χ1n) is 11.4. The molecule has 180 valence electrons. The van der Waals surface area contributed by atoms with E-state index in [1.54, 1.807) is 0 Å². The lowest BCUT2D eigenvalue weighted by Crippen LogP contribution is -2.41. The average Bonchev–Trinajstić information content (AvgIpc) is 3.16. The van der Waals surface area contributed by atoms with Gasteiger partial charge in [-0.25, -0.2) is 14.6 Å². The molecule has 1 aliphatic carbocycles. The summed E-state index contributed by atoms with van der Waals surface area (Å²) in [6.45, 7) is 3.94. The molecule has 2 aromatic carbocycles. The first-order valence-corrected chi connectivity index (χ1v) is 11.4. The highest BCUT2D eigenvalue weighted by Crippen LogP contribution is 2.44. The molecule has 2 amide bonds. The van der Waals surface area contributed by atoms with E-state index in [1.165, 1.54) is 18.3 Å². The van der Waals surface area contributed by atoms with Crippen LogP contribution in [0.2, 0.25) is 0 Å². The molecule has 0 saturated carbocycles. The minimum Gasteiger partial charge on any atom is -0.480 e. The lowest BCUT2D eigenvalue weighted by Gasteiger charge is -2.16. The molecule has 4 rings (SSSR count). The van der Waals surface area contributed by atoms with Crippen molar-refractivity contribution in [2.45, 2.75) is 32.2 Å². The maximum atomic E-state index is 12.4. The van der Waals surface area contributed by atoms with Crippen molar-refractivity contribution in [3.63, 3.8) is 0 Å². The fourth-order valence-electron chi connectivity index (χ4n) is 4.28. The predicted octanol–water partition coefficient (Wildman–Crippen LogP) is 4.67. The molecule has 3 N–H and O–H groups in total. The van der Waals surface area contributed by atoms with Gasteiger partial charge in [0, 0.05) is 5.92 Å². The number of carbonyl (C=O) groups excluding carboxylic acids is 2. The number of carboxylic acid groups (broad SMARTS) is 1. The van der Waals surface area contributed by atoms with Gasteiger partial charge in [-0.15, -0.1) is 0 Å². The quantitative estimate of drug-likeness (QED) is 0.438. The number of carbonyl (C=O) groups is 3. The largest absolute Gasteiger partial charge is 0.480 e. The number of ether oxygens (including phenoxy) is 1. The second-order valence-electron chi connectivity index (χ2n) is 8.88. The van der Waals surface area contributed by atoms with Gasteiger partial charge in [-0.3, -0.25) is 10.1 Å². The molecule has 0 saturated heterocycles. The number of amides is 2. The summed E-state index contributed by atoms with van der Waals surface area (Å²) in [5.41, 5.74) is 4.95. The summed E-state index contributed by atoms with van der Waals surface area (Å²) in [6, 6.07) is 18.1. The minimum absolute atomic E-state index is 0.0506. The molecule has 35 heavy (non-hydrogen) atoms. The van der Waals surface area contributed by atoms with Gasteiger partial charge in [0.25, 0.3) is 5.91 Å². The summed E-state index contributed by atoms with van der Waals surface area (Å²) >= 11 is 0. The normalized spacial score (nSPS) is 13.0. The van der Waals surface area contributed by atoms with Crippen molar-refractivity contribution in [2.24, 2.45) is 5.92 Å². The third kappa shape index (κ3) is 5.48. The molecule has 1 atom stereocenters. The Kier molecular flexibility index (Phi) is 7.10. The van der Waals surface area contributed by atoms with Crippen LogP contribution in [-0.2, 0) is 9.53 Å². The molecule has 1 aliphatic rings. The topological polar surface area (TPSA) is 118 Å². The van der Waals surface area contributed by atoms with E-state index in [0.717, 1.165) is 22.3 Å². The number of hydrogen-bond acceptors (Lipinski definition) is 5. The number of nitrogens with one attached hydrogen (secondary N) is 2. The van der Waals surface area contributed by atoms with Crippen LogP contribution in [-0.4, -0.2) is 40.7 Å². The highest BCUT2D eigenvalue weighted by atomic mass is 16.5. The highest BCUT2D eigenvalue weighted by molar-refractivity contribution is 5.95. The van der Waals surface area contributed by atoms with E-state index in [2.05, 4.69) is 27.8 Å². The Morgan fingerprint density at radius 1 is 0.971 bits per heavy atom. The number of hydrogen-bond donors (Lipinski definition) is 3. The first-order chi connectivity index (χ1) is 16.8. The van der Waals surface area contributed by atoms with E-state index in [-0.39, 0.29) is 24.1 Å². The van der Waals surface area contributed by atoms with E-state index in [0.29, 0.717) is 12.1 Å². The Bertz CT molecular complexity index is 1190. The fourth-order valence-corrected chi connectivity index (χ4v) is 4.28. The van der Waals surface area contributed by atoms with Gasteiger partial charge in [0.1, 0.15) is 18.3 Å². The van der Waals surface area contributed by atoms with Crippen molar-refractivity contribution in [3.8, 4) is 11.1 Å². The molecular weight excluding hydrogens is 446 g/mol. The highest BCUT2D eigenvalue weighted by Gasteiger charge is 2.29. The Hall–Kier alpha value is -4.20. The number of carboxylic acids is 1. The molecule has 3 aromatic rings. The van der Waals surface area contributed by atoms with E-state index >= 15 is 0 Å². The molecular formula is C27H27N3O5. The molecule has 0 fully saturated rings. The summed E-state index contributed by atoms with van der Waals surface area (Å²) in [5, 5.41) is 14.4. The Labute approximate surface area is 203 Å². The fraction of sp³-hybridized carbons (Fsp3) is 0.259. The van der Waals surface area contributed by atoms with Gasteiger partial charge in [-0.05, 0) is 46.7 Å². The molecule has 8 heteroatoms. The summed E-state index contributed by atoms with van der Waals surface area (Å²) in [4.78, 5) is 40.2. The van der Waals surface area contributed by atoms with Crippen molar-refractivity contribution < 1.29 is 24.2 Å². The van der Waals surface area contributed by atoms with E-state index in [4.69, 9.17) is 4.74 Å². The van der Waals surface area contributed by atoms with Crippen LogP contribution < -0.4 is 10.6 Å². The monoisotopic (exact) mass is 473 g/mol. The molecule has 0 spiro atoms. The van der Waals surface area contributed by atoms with Gasteiger partial charge in [-0.1, -0.05) is 62.4 Å². The molecule has 0 aliphatic heterocycles. The second kappa shape index (κ2) is 10.4. The maximum Gasteiger partial charge on any atom is 0.411 e. The SMILES string of the molecule is CC(C)CC(NC(=O)c1ccc(NC(=O)OCC2c3ccccc3-c3ccccc32)cn1)C(=O)O. The van der Waals surface area contributed by atoms with Crippen molar-refractivity contribution in [1.82, 2.24) is 10.3 Å². The third-order valence-corrected chi connectivity index (χ3v) is 5.90. The van der Waals surface area contributed by atoms with Crippen molar-refractivity contribution in [2.75, 3.05) is 11.9 Å². The van der Waals surface area contributed by atoms with Gasteiger partial charge in [0.05, 0.1) is 11.9 Å². The summed E-state index contributed by atoms with van der Waals surface area (Å²) in [7, 11) is 0. The lowest BCUT2D eigenvalue weighted by atomic mass is 9.98. The molecule has 1 heterocycles. The summed E-state index contributed by atoms with van der Waals surface area (Å²) in [5.74, 6) is -1.63. The number of fused-ring (bicyclic) bond motifs is 3. The summed E-state index contributed by atoms with van der Waals surface area (Å²) < 4.78 is 5.51. The average molecular weight is 474 g/mol. The van der Waals surface area contributed by atoms with Crippen molar-refractivity contribution >= 4 is 23.7 Å². The zero-order chi connectivity index (χ0) is 24.9. The van der Waals surface area contributed by atoms with Crippen LogP contribution in [0.1, 0.15) is 47.8 Å². The lowest BCUT2D eigenvalue weighted by molar-refractivity contribution is -0.139. The molecule has 0 bridgehead atoms. The Balaban J connectivity index is 1.35. The van der Waals surface area contributed by atoms with Crippen LogP contribution in [0.15, 0.2) is 66.9 Å². The van der Waals surface area contributed by atoms with E-state index in [1.807, 2.05) is 50.2 Å². The van der Waals surface area contributed by atoms with Gasteiger partial charge in [0.2, 0.25) is 0 Å². The van der Waals surface area contributed by atoms with Gasteiger partial charge in [0.15, 0.2) is 0 Å². The number of pyridine rings is 1. The number of anilines is 1. The predicted molar refractivity (Wildman–Crippen MR) is 131 cm³/mol. The number of nitrogens with zero attached hydrogens (tertiary/aromatic N) is 1. The summed E-state index contributed by atoms with van der Waals surface area (Å²) in [6.07, 6.45) is 1.01. The second-order valence-corrected chi connectivity index (χ2v) is 8.88. The van der Waals surface area contributed by atoms with Crippen LogP contribution in [0.4, 0.5) is 10.5 Å². The Morgan fingerprint density at radius 3 is 2.14 bits per heavy atom. The first kappa shape index (κ1) is 23.9. The van der Waals surface area contributed by atoms with E-state index in [9.17, 15) is 19.5 Å². The van der Waals surface area contributed by atoms with Crippen molar-refractivity contribution in [3.05, 3.63) is 83.7 Å². The van der Waals surface area contributed by atoms with E-state index < -0.39 is 24.0 Å². The number of rotatable bonds is 8. The van der Waals surface area contributed by atoms with Gasteiger partial charge >= 0.3 is 12.1 Å². The number of aliphatic carboxylic acids is 1. The van der Waals surface area contributed by atoms with Gasteiger partial charge < -0.3 is 15.2 Å². The third-order valence-electron chi connectivity index (χ3n) is 5.90. The number of aromatic nitrogens is 1. The van der Waals surface area contributed by atoms with Crippen LogP contribution in [0.5, 0.6) is 0 Å². The molecule has 1 unspecified atom stereocenters. The van der Waals surface area contributed by atoms with Crippen LogP contribution in [0, 0.1) is 5.92 Å².